The number of aromatic nitrogens is 4. The molecule has 0 radical (unpaired) electrons. The zero-order valence-corrected chi connectivity index (χ0v) is 10.9. The van der Waals surface area contributed by atoms with Gasteiger partial charge in [-0.1, -0.05) is 0 Å². The lowest BCUT2D eigenvalue weighted by Crippen LogP contribution is -2.24. The van der Waals surface area contributed by atoms with E-state index in [9.17, 15) is 8.42 Å². The van der Waals surface area contributed by atoms with Crippen molar-refractivity contribution >= 4 is 16.0 Å². The lowest BCUT2D eigenvalue weighted by atomic mass is 10.4. The van der Waals surface area contributed by atoms with Crippen LogP contribution in [0.15, 0.2) is 29.6 Å². The molecule has 0 aliphatic heterocycles. The van der Waals surface area contributed by atoms with Gasteiger partial charge in [0.25, 0.3) is 0 Å². The summed E-state index contributed by atoms with van der Waals surface area (Å²) >= 11 is 0. The van der Waals surface area contributed by atoms with Gasteiger partial charge in [0.15, 0.2) is 0 Å². The Hall–Kier alpha value is -2.04. The van der Waals surface area contributed by atoms with Crippen LogP contribution in [0.25, 0.3) is 0 Å². The number of hydrazine groups is 1. The largest absolute Gasteiger partial charge is 0.292 e. The normalized spacial score (nSPS) is 11.5. The summed E-state index contributed by atoms with van der Waals surface area (Å²) in [7, 11) is -1.91. The molecule has 10 heteroatoms. The van der Waals surface area contributed by atoms with E-state index in [1.165, 1.54) is 12.4 Å². The van der Waals surface area contributed by atoms with Crippen LogP contribution in [0.1, 0.15) is 5.69 Å². The Labute approximate surface area is 109 Å². The number of hydrogen-bond acceptors (Lipinski definition) is 7. The van der Waals surface area contributed by atoms with Crippen LogP contribution >= 0.6 is 0 Å². The van der Waals surface area contributed by atoms with Crippen molar-refractivity contribution < 1.29 is 8.42 Å². The van der Waals surface area contributed by atoms with Crippen LogP contribution in [0.5, 0.6) is 0 Å². The Morgan fingerprint density at radius 3 is 2.58 bits per heavy atom. The van der Waals surface area contributed by atoms with Crippen LogP contribution in [0.2, 0.25) is 0 Å². The summed E-state index contributed by atoms with van der Waals surface area (Å²) in [5, 5.41) is 4.07. The number of sulfonamides is 1. The fourth-order valence-corrected chi connectivity index (χ4v) is 2.23. The average Bonchev–Trinajstić information content (AvgIpc) is 2.82. The van der Waals surface area contributed by atoms with Crippen LogP contribution in [0.3, 0.4) is 0 Å². The molecule has 0 aliphatic rings. The minimum absolute atomic E-state index is 0.0394. The third-order valence-electron chi connectivity index (χ3n) is 2.28. The molecule has 0 atom stereocenters. The molecule has 0 fully saturated rings. The van der Waals surface area contributed by atoms with Gasteiger partial charge in [-0.25, -0.2) is 29.0 Å². The van der Waals surface area contributed by atoms with Gasteiger partial charge < -0.3 is 0 Å². The predicted molar refractivity (Wildman–Crippen MR) is 67.1 cm³/mol. The highest BCUT2D eigenvalue weighted by Gasteiger charge is 2.15. The maximum absolute atomic E-state index is 11.9. The first-order valence-electron chi connectivity index (χ1n) is 5.28. The molecule has 0 aromatic carbocycles. The Kier molecular flexibility index (Phi) is 3.74. The van der Waals surface area contributed by atoms with Gasteiger partial charge in [0.1, 0.15) is 4.90 Å². The molecule has 102 valence electrons. The maximum Gasteiger partial charge on any atom is 0.244 e. The molecule has 9 nitrogen and oxygen atoms in total. The Bertz CT molecular complexity index is 649. The molecule has 2 aromatic rings. The fraction of sp³-hybridized carbons (Fsp3) is 0.222. The monoisotopic (exact) mass is 283 g/mol. The van der Waals surface area contributed by atoms with Crippen LogP contribution in [0, 0.1) is 0 Å². The van der Waals surface area contributed by atoms with E-state index >= 15 is 0 Å². The summed E-state index contributed by atoms with van der Waals surface area (Å²) in [4.78, 5) is 7.43. The van der Waals surface area contributed by atoms with Crippen LogP contribution in [-0.4, -0.2) is 28.2 Å². The molecule has 2 heterocycles. The number of hydrogen-bond donors (Lipinski definition) is 3. The third kappa shape index (κ3) is 3.24. The van der Waals surface area contributed by atoms with Crippen molar-refractivity contribution in [3.8, 4) is 0 Å². The van der Waals surface area contributed by atoms with Crippen molar-refractivity contribution in [1.82, 2.24) is 24.5 Å². The van der Waals surface area contributed by atoms with Crippen LogP contribution in [-0.2, 0) is 23.6 Å². The standard InChI is InChI=1S/C9H13N7O2S/c1-16-3-2-7(15-16)4-13-19(17,18)8-5-11-9(14-10)12-6-8/h2-3,5-6,13H,4,10H2,1H3,(H,11,12,14). The van der Waals surface area contributed by atoms with Gasteiger partial charge in [-0.2, -0.15) is 5.10 Å². The Morgan fingerprint density at radius 1 is 1.37 bits per heavy atom. The summed E-state index contributed by atoms with van der Waals surface area (Å²) in [6.07, 6.45) is 4.07. The SMILES string of the molecule is Cn1ccc(CNS(=O)(=O)c2cnc(NN)nc2)n1. The average molecular weight is 283 g/mol. The first-order valence-corrected chi connectivity index (χ1v) is 6.76. The molecular formula is C9H13N7O2S. The number of aryl methyl sites for hydroxylation is 1. The van der Waals surface area contributed by atoms with Crippen molar-refractivity contribution in [3.05, 3.63) is 30.4 Å². The summed E-state index contributed by atoms with van der Waals surface area (Å²) < 4.78 is 27.9. The lowest BCUT2D eigenvalue weighted by molar-refractivity contribution is 0.578. The van der Waals surface area contributed by atoms with Gasteiger partial charge in [-0.05, 0) is 6.07 Å². The molecule has 0 saturated heterocycles. The molecule has 2 aromatic heterocycles. The van der Waals surface area contributed by atoms with Gasteiger partial charge in [0.05, 0.1) is 24.6 Å². The highest BCUT2D eigenvalue weighted by molar-refractivity contribution is 7.89. The zero-order chi connectivity index (χ0) is 13.9. The van der Waals surface area contributed by atoms with Crippen molar-refractivity contribution in [1.29, 1.82) is 0 Å². The number of nitrogens with zero attached hydrogens (tertiary/aromatic N) is 4. The van der Waals surface area contributed by atoms with Crippen molar-refractivity contribution in [3.63, 3.8) is 0 Å². The van der Waals surface area contributed by atoms with E-state index < -0.39 is 10.0 Å². The molecule has 4 N–H and O–H groups in total. The Morgan fingerprint density at radius 2 is 2.05 bits per heavy atom. The molecule has 0 aliphatic carbocycles. The molecule has 0 unspecified atom stereocenters. The zero-order valence-electron chi connectivity index (χ0n) is 10.1. The van der Waals surface area contributed by atoms with Gasteiger partial charge >= 0.3 is 0 Å². The number of nitrogens with two attached hydrogens (primary N) is 1. The topological polar surface area (TPSA) is 128 Å². The first kappa shape index (κ1) is 13.4. The summed E-state index contributed by atoms with van der Waals surface area (Å²) in [6, 6.07) is 1.72. The van der Waals surface area contributed by atoms with Crippen LogP contribution in [0.4, 0.5) is 5.95 Å². The minimum Gasteiger partial charge on any atom is -0.292 e. The second kappa shape index (κ2) is 5.30. The Balaban J connectivity index is 2.09. The van der Waals surface area contributed by atoms with Crippen molar-refractivity contribution in [2.75, 3.05) is 5.43 Å². The highest BCUT2D eigenvalue weighted by atomic mass is 32.2. The number of nitrogens with one attached hydrogen (secondary N) is 2. The molecule has 0 bridgehead atoms. The maximum atomic E-state index is 11.9. The van der Waals surface area contributed by atoms with E-state index in [-0.39, 0.29) is 17.4 Å². The van der Waals surface area contributed by atoms with E-state index in [1.807, 2.05) is 0 Å². The molecule has 0 amide bonds. The van der Waals surface area contributed by atoms with E-state index in [0.717, 1.165) is 0 Å². The van der Waals surface area contributed by atoms with Gasteiger partial charge in [0.2, 0.25) is 16.0 Å². The van der Waals surface area contributed by atoms with Gasteiger partial charge in [0, 0.05) is 13.2 Å². The molecular weight excluding hydrogens is 270 g/mol. The third-order valence-corrected chi connectivity index (χ3v) is 3.64. The molecule has 2 rings (SSSR count). The lowest BCUT2D eigenvalue weighted by Gasteiger charge is -2.05. The molecule has 0 saturated carbocycles. The van der Waals surface area contributed by atoms with E-state index in [4.69, 9.17) is 5.84 Å². The molecule has 19 heavy (non-hydrogen) atoms. The van der Waals surface area contributed by atoms with E-state index in [2.05, 4.69) is 25.2 Å². The number of anilines is 1. The van der Waals surface area contributed by atoms with E-state index in [0.29, 0.717) is 5.69 Å². The number of nitrogen functional groups attached to an aromatic ring is 1. The molecule has 0 spiro atoms. The second-order valence-corrected chi connectivity index (χ2v) is 5.46. The van der Waals surface area contributed by atoms with Crippen molar-refractivity contribution in [2.24, 2.45) is 12.9 Å². The fourth-order valence-electron chi connectivity index (χ4n) is 1.34. The summed E-state index contributed by atoms with van der Waals surface area (Å²) in [6.45, 7) is 0.0973. The summed E-state index contributed by atoms with van der Waals surface area (Å²) in [5.74, 6) is 5.24. The smallest absolute Gasteiger partial charge is 0.244 e. The van der Waals surface area contributed by atoms with Gasteiger partial charge in [-0.15, -0.1) is 0 Å². The summed E-state index contributed by atoms with van der Waals surface area (Å²) in [5.41, 5.74) is 2.83. The predicted octanol–water partition coefficient (Wildman–Crippen LogP) is -1.03. The first-order chi connectivity index (χ1) is 9.01. The van der Waals surface area contributed by atoms with E-state index in [1.54, 1.807) is 24.0 Å². The quantitative estimate of drug-likeness (QED) is 0.473. The van der Waals surface area contributed by atoms with Crippen molar-refractivity contribution in [2.45, 2.75) is 11.4 Å². The minimum atomic E-state index is -3.67. The van der Waals surface area contributed by atoms with Crippen LogP contribution < -0.4 is 16.0 Å². The second-order valence-electron chi connectivity index (χ2n) is 3.69. The highest BCUT2D eigenvalue weighted by Crippen LogP contribution is 2.07. The number of rotatable bonds is 5. The van der Waals surface area contributed by atoms with Gasteiger partial charge in [-0.3, -0.25) is 10.1 Å².